The number of thiophene rings is 1. The van der Waals surface area contributed by atoms with Gasteiger partial charge in [0.25, 0.3) is 0 Å². The molecule has 3 rings (SSSR count). The first-order chi connectivity index (χ1) is 11.4. The Bertz CT molecular complexity index is 849. The van der Waals surface area contributed by atoms with Gasteiger partial charge < -0.3 is 9.64 Å². The van der Waals surface area contributed by atoms with Crippen LogP contribution in [0.4, 0.5) is 11.4 Å². The molecule has 2 aromatic rings. The Morgan fingerprint density at radius 1 is 1.33 bits per heavy atom. The van der Waals surface area contributed by atoms with Gasteiger partial charge in [-0.05, 0) is 23.6 Å². The number of benzene rings is 1. The Kier molecular flexibility index (Phi) is 4.57. The van der Waals surface area contributed by atoms with E-state index in [0.29, 0.717) is 25.4 Å². The number of hydrogen-bond donors (Lipinski definition) is 0. The minimum atomic E-state index is -3.69. The zero-order chi connectivity index (χ0) is 17.3. The molecular formula is C15H16N2O5S2. The number of morpholine rings is 1. The van der Waals surface area contributed by atoms with Crippen molar-refractivity contribution in [1.82, 2.24) is 0 Å². The highest BCUT2D eigenvalue weighted by Crippen LogP contribution is 2.37. The van der Waals surface area contributed by atoms with E-state index < -0.39 is 14.8 Å². The highest BCUT2D eigenvalue weighted by molar-refractivity contribution is 7.90. The molecule has 1 unspecified atom stereocenters. The molecule has 7 nitrogen and oxygen atoms in total. The summed E-state index contributed by atoms with van der Waals surface area (Å²) in [5, 5.41) is 13.5. The predicted octanol–water partition coefficient (Wildman–Crippen LogP) is 2.64. The Hall–Kier alpha value is -1.97. The van der Waals surface area contributed by atoms with Crippen LogP contribution in [0, 0.1) is 10.1 Å². The summed E-state index contributed by atoms with van der Waals surface area (Å²) < 4.78 is 29.5. The van der Waals surface area contributed by atoms with Crippen LogP contribution in [-0.2, 0) is 14.6 Å². The van der Waals surface area contributed by atoms with Gasteiger partial charge in [-0.2, -0.15) is 0 Å². The second-order valence-electron chi connectivity index (χ2n) is 5.47. The molecule has 0 N–H and O–H groups in total. The molecule has 0 bridgehead atoms. The predicted molar refractivity (Wildman–Crippen MR) is 91.4 cm³/mol. The van der Waals surface area contributed by atoms with E-state index in [4.69, 9.17) is 4.74 Å². The minimum absolute atomic E-state index is 0.180. The molecule has 1 aromatic heterocycles. The lowest BCUT2D eigenvalue weighted by atomic mass is 10.2. The van der Waals surface area contributed by atoms with E-state index >= 15 is 0 Å². The lowest BCUT2D eigenvalue weighted by Gasteiger charge is -2.34. The minimum Gasteiger partial charge on any atom is -0.369 e. The first-order valence-electron chi connectivity index (χ1n) is 7.25. The van der Waals surface area contributed by atoms with Gasteiger partial charge in [0.2, 0.25) is 0 Å². The van der Waals surface area contributed by atoms with Gasteiger partial charge in [0.05, 0.1) is 11.5 Å². The molecule has 1 aliphatic rings. The Morgan fingerprint density at radius 3 is 2.75 bits per heavy atom. The zero-order valence-corrected chi connectivity index (χ0v) is 14.5. The molecule has 1 aliphatic heterocycles. The van der Waals surface area contributed by atoms with Crippen molar-refractivity contribution < 1.29 is 18.1 Å². The fourth-order valence-electron chi connectivity index (χ4n) is 2.76. The fraction of sp³-hybridized carbons (Fsp3) is 0.333. The number of hydrogen-bond acceptors (Lipinski definition) is 7. The molecule has 1 aromatic carbocycles. The summed E-state index contributed by atoms with van der Waals surface area (Å²) >= 11 is 1.56. The first-order valence-corrected chi connectivity index (χ1v) is 10.0. The lowest BCUT2D eigenvalue weighted by molar-refractivity contribution is -0.387. The molecule has 0 radical (unpaired) electrons. The number of ether oxygens (including phenoxy) is 1. The maximum absolute atomic E-state index is 11.9. The second kappa shape index (κ2) is 6.50. The van der Waals surface area contributed by atoms with Crippen molar-refractivity contribution in [2.45, 2.75) is 11.0 Å². The van der Waals surface area contributed by atoms with Crippen molar-refractivity contribution in [2.75, 3.05) is 30.9 Å². The first kappa shape index (κ1) is 16.9. The molecule has 1 atom stereocenters. The number of para-hydroxylation sites is 1. The van der Waals surface area contributed by atoms with E-state index in [2.05, 4.69) is 0 Å². The van der Waals surface area contributed by atoms with Gasteiger partial charge in [-0.3, -0.25) is 10.1 Å². The topological polar surface area (TPSA) is 89.8 Å². The van der Waals surface area contributed by atoms with Crippen LogP contribution >= 0.6 is 11.3 Å². The third kappa shape index (κ3) is 3.28. The number of nitro benzene ring substituents is 1. The zero-order valence-electron chi connectivity index (χ0n) is 12.9. The number of anilines is 1. The second-order valence-corrected chi connectivity index (χ2v) is 8.44. The van der Waals surface area contributed by atoms with Gasteiger partial charge in [0.15, 0.2) is 9.84 Å². The summed E-state index contributed by atoms with van der Waals surface area (Å²) in [6.45, 7) is 1.33. The van der Waals surface area contributed by atoms with Crippen molar-refractivity contribution in [2.24, 2.45) is 0 Å². The van der Waals surface area contributed by atoms with Crippen molar-refractivity contribution in [3.63, 3.8) is 0 Å². The Labute approximate surface area is 143 Å². The monoisotopic (exact) mass is 368 g/mol. The normalized spacial score (nSPS) is 18.5. The molecule has 2 heterocycles. The van der Waals surface area contributed by atoms with E-state index in [-0.39, 0.29) is 16.7 Å². The number of nitro groups is 1. The Balaban J connectivity index is 2.01. The van der Waals surface area contributed by atoms with Crippen molar-refractivity contribution in [3.8, 4) is 0 Å². The van der Waals surface area contributed by atoms with E-state index in [1.54, 1.807) is 17.4 Å². The van der Waals surface area contributed by atoms with Crippen LogP contribution in [0.5, 0.6) is 0 Å². The molecule has 24 heavy (non-hydrogen) atoms. The largest absolute Gasteiger partial charge is 0.369 e. The summed E-state index contributed by atoms with van der Waals surface area (Å²) in [5.41, 5.74) is -0.0559. The van der Waals surface area contributed by atoms with Crippen LogP contribution in [0.2, 0.25) is 0 Å². The SMILES string of the molecule is CS(=O)(=O)c1cccc(N2CCOC(c3cccs3)C2)c1[N+](=O)[O-]. The summed E-state index contributed by atoms with van der Waals surface area (Å²) in [5.74, 6) is 0. The molecule has 9 heteroatoms. The molecule has 1 fully saturated rings. The van der Waals surface area contributed by atoms with Crippen LogP contribution in [0.15, 0.2) is 40.6 Å². The van der Waals surface area contributed by atoms with Gasteiger partial charge in [0, 0.05) is 24.2 Å². The molecule has 0 saturated carbocycles. The van der Waals surface area contributed by atoms with Crippen molar-refractivity contribution in [3.05, 3.63) is 50.7 Å². The molecule has 0 amide bonds. The van der Waals surface area contributed by atoms with Crippen LogP contribution in [-0.4, -0.2) is 39.3 Å². The molecule has 1 saturated heterocycles. The van der Waals surface area contributed by atoms with Crippen LogP contribution in [0.25, 0.3) is 0 Å². The highest BCUT2D eigenvalue weighted by atomic mass is 32.2. The van der Waals surface area contributed by atoms with E-state index in [9.17, 15) is 18.5 Å². The van der Waals surface area contributed by atoms with Crippen LogP contribution in [0.1, 0.15) is 11.0 Å². The fourth-order valence-corrected chi connectivity index (χ4v) is 4.39. The Morgan fingerprint density at radius 2 is 2.12 bits per heavy atom. The smallest absolute Gasteiger partial charge is 0.311 e. The number of rotatable bonds is 4. The van der Waals surface area contributed by atoms with Gasteiger partial charge in [-0.1, -0.05) is 12.1 Å². The van der Waals surface area contributed by atoms with Crippen LogP contribution < -0.4 is 4.90 Å². The summed E-state index contributed by atoms with van der Waals surface area (Å²) in [6.07, 6.45) is 0.799. The van der Waals surface area contributed by atoms with Gasteiger partial charge in [0.1, 0.15) is 16.7 Å². The van der Waals surface area contributed by atoms with E-state index in [1.807, 2.05) is 22.4 Å². The molecule has 0 spiro atoms. The standard InChI is InChI=1S/C15H16N2O5S2/c1-24(20,21)14-6-2-4-11(15(14)17(18)19)16-7-8-22-12(10-16)13-5-3-9-23-13/h2-6,9,12H,7-8,10H2,1H3. The third-order valence-corrected chi connectivity index (χ3v) is 5.92. The average Bonchev–Trinajstić information content (AvgIpc) is 3.08. The molecule has 0 aliphatic carbocycles. The number of sulfone groups is 1. The van der Waals surface area contributed by atoms with Gasteiger partial charge >= 0.3 is 5.69 Å². The average molecular weight is 368 g/mol. The van der Waals surface area contributed by atoms with Gasteiger partial charge in [-0.15, -0.1) is 11.3 Å². The van der Waals surface area contributed by atoms with Gasteiger partial charge in [-0.25, -0.2) is 8.42 Å². The highest BCUT2D eigenvalue weighted by Gasteiger charge is 2.31. The lowest BCUT2D eigenvalue weighted by Crippen LogP contribution is -2.38. The maximum atomic E-state index is 11.9. The van der Waals surface area contributed by atoms with Crippen molar-refractivity contribution >= 4 is 32.5 Å². The molecule has 128 valence electrons. The van der Waals surface area contributed by atoms with E-state index in [0.717, 1.165) is 11.1 Å². The molecular weight excluding hydrogens is 352 g/mol. The summed E-state index contributed by atoms with van der Waals surface area (Å²) in [6, 6.07) is 8.28. The third-order valence-electron chi connectivity index (χ3n) is 3.83. The summed E-state index contributed by atoms with van der Waals surface area (Å²) in [7, 11) is -3.69. The summed E-state index contributed by atoms with van der Waals surface area (Å²) in [4.78, 5) is 13.5. The number of nitrogens with zero attached hydrogens (tertiary/aromatic N) is 2. The van der Waals surface area contributed by atoms with Crippen molar-refractivity contribution in [1.29, 1.82) is 0 Å². The quantitative estimate of drug-likeness (QED) is 0.609. The van der Waals surface area contributed by atoms with E-state index in [1.165, 1.54) is 12.1 Å². The maximum Gasteiger partial charge on any atom is 0.311 e. The van der Waals surface area contributed by atoms with Crippen LogP contribution in [0.3, 0.4) is 0 Å².